The maximum absolute atomic E-state index is 11.5. The predicted octanol–water partition coefficient (Wildman–Crippen LogP) is 2.25. The van der Waals surface area contributed by atoms with Gasteiger partial charge in [0.1, 0.15) is 0 Å². The highest BCUT2D eigenvalue weighted by Crippen LogP contribution is 2.25. The van der Waals surface area contributed by atoms with E-state index in [1.165, 1.54) is 0 Å². The Labute approximate surface area is 137 Å². The van der Waals surface area contributed by atoms with Gasteiger partial charge >= 0.3 is 0 Å². The van der Waals surface area contributed by atoms with Crippen LogP contribution in [0, 0.1) is 0 Å². The third-order valence-corrected chi connectivity index (χ3v) is 3.11. The zero-order valence-corrected chi connectivity index (χ0v) is 14.2. The molecule has 4 nitrogen and oxygen atoms in total. The van der Waals surface area contributed by atoms with Crippen molar-refractivity contribution in [3.8, 4) is 0 Å². The Morgan fingerprint density at radius 3 is 2.35 bits per heavy atom. The molecule has 0 heterocycles. The number of halogens is 3. The molecule has 0 aliphatic carbocycles. The van der Waals surface area contributed by atoms with Gasteiger partial charge in [0, 0.05) is 11.6 Å². The molecule has 1 unspecified atom stereocenters. The topological polar surface area (TPSA) is 58.4 Å². The summed E-state index contributed by atoms with van der Waals surface area (Å²) < 4.78 is 0. The van der Waals surface area contributed by atoms with Gasteiger partial charge in [-0.3, -0.25) is 4.79 Å². The molecule has 0 aliphatic heterocycles. The Bertz CT molecular complexity index is 414. The molecule has 0 aliphatic rings. The molecule has 1 amide bonds. The molecule has 0 fully saturated rings. The Morgan fingerprint density at radius 2 is 1.90 bits per heavy atom. The summed E-state index contributed by atoms with van der Waals surface area (Å²) in [7, 11) is 3.90. The molecule has 7 heteroatoms. The van der Waals surface area contributed by atoms with Gasteiger partial charge in [-0.2, -0.15) is 0 Å². The molecule has 0 spiro atoms. The largest absolute Gasteiger partial charge is 0.353 e. The van der Waals surface area contributed by atoms with E-state index < -0.39 is 6.04 Å². The van der Waals surface area contributed by atoms with Crippen LogP contribution in [0.3, 0.4) is 0 Å². The van der Waals surface area contributed by atoms with Crippen molar-refractivity contribution in [1.29, 1.82) is 0 Å². The van der Waals surface area contributed by atoms with E-state index in [4.69, 9.17) is 17.3 Å². The third-order valence-electron chi connectivity index (χ3n) is 2.77. The number of nitrogens with one attached hydrogen (secondary N) is 1. The van der Waals surface area contributed by atoms with Crippen LogP contribution in [0.5, 0.6) is 0 Å². The summed E-state index contributed by atoms with van der Waals surface area (Å²) in [5, 5.41) is 3.53. The molecule has 20 heavy (non-hydrogen) atoms. The molecule has 0 saturated carbocycles. The number of hydrogen-bond acceptors (Lipinski definition) is 3. The summed E-state index contributed by atoms with van der Waals surface area (Å²) >= 11 is 6.18. The first-order valence-electron chi connectivity index (χ1n) is 5.87. The molecule has 116 valence electrons. The van der Waals surface area contributed by atoms with Gasteiger partial charge in [-0.1, -0.05) is 29.8 Å². The maximum atomic E-state index is 11.5. The fourth-order valence-corrected chi connectivity index (χ4v) is 1.94. The molecule has 0 aromatic heterocycles. The molecule has 1 aromatic rings. The minimum Gasteiger partial charge on any atom is -0.353 e. The summed E-state index contributed by atoms with van der Waals surface area (Å²) in [6.07, 6.45) is 0. The highest BCUT2D eigenvalue weighted by molar-refractivity contribution is 6.31. The van der Waals surface area contributed by atoms with Crippen LogP contribution in [-0.4, -0.2) is 37.5 Å². The van der Waals surface area contributed by atoms with E-state index in [2.05, 4.69) is 5.32 Å². The van der Waals surface area contributed by atoms with Crippen LogP contribution in [0.25, 0.3) is 0 Å². The summed E-state index contributed by atoms with van der Waals surface area (Å²) in [5.74, 6) is -0.158. The molecule has 3 N–H and O–H groups in total. The van der Waals surface area contributed by atoms with E-state index in [9.17, 15) is 4.79 Å². The average Bonchev–Trinajstić information content (AvgIpc) is 2.30. The molecule has 2 atom stereocenters. The molecule has 0 saturated heterocycles. The summed E-state index contributed by atoms with van der Waals surface area (Å²) in [6.45, 7) is 2.15. The van der Waals surface area contributed by atoms with Crippen LogP contribution in [0.2, 0.25) is 5.02 Å². The second-order valence-electron chi connectivity index (χ2n) is 4.53. The first kappa shape index (κ1) is 21.8. The minimum absolute atomic E-state index is 0. The fraction of sp³-hybridized carbons (Fsp3) is 0.462. The SMILES string of the molecule is C[C@@H](N)C(=O)NCC(c1ccccc1Cl)N(C)C.Cl.Cl. The molecular formula is C13H22Cl3N3O. The lowest BCUT2D eigenvalue weighted by atomic mass is 10.1. The van der Waals surface area contributed by atoms with Crippen molar-refractivity contribution in [1.82, 2.24) is 10.2 Å². The minimum atomic E-state index is -0.501. The number of rotatable bonds is 5. The first-order chi connectivity index (χ1) is 8.43. The van der Waals surface area contributed by atoms with Crippen LogP contribution in [0.4, 0.5) is 0 Å². The lowest BCUT2D eigenvalue weighted by Gasteiger charge is -2.26. The van der Waals surface area contributed by atoms with Crippen LogP contribution in [0.15, 0.2) is 24.3 Å². The van der Waals surface area contributed by atoms with Crippen LogP contribution >= 0.6 is 36.4 Å². The quantitative estimate of drug-likeness (QED) is 0.863. The average molecular weight is 343 g/mol. The van der Waals surface area contributed by atoms with Gasteiger partial charge in [0.25, 0.3) is 0 Å². The van der Waals surface area contributed by atoms with Gasteiger partial charge in [0.2, 0.25) is 5.91 Å². The number of benzene rings is 1. The van der Waals surface area contributed by atoms with E-state index in [0.717, 1.165) is 5.56 Å². The molecule has 1 rings (SSSR count). The zero-order valence-electron chi connectivity index (χ0n) is 11.8. The normalized spacial score (nSPS) is 12.9. The Morgan fingerprint density at radius 1 is 1.35 bits per heavy atom. The van der Waals surface area contributed by atoms with Crippen LogP contribution < -0.4 is 11.1 Å². The summed E-state index contributed by atoms with van der Waals surface area (Å²) in [6, 6.07) is 7.16. The van der Waals surface area contributed by atoms with Crippen molar-refractivity contribution in [2.24, 2.45) is 5.73 Å². The number of carbonyl (C=O) groups is 1. The maximum Gasteiger partial charge on any atom is 0.236 e. The van der Waals surface area contributed by atoms with Gasteiger partial charge in [-0.15, -0.1) is 24.8 Å². The van der Waals surface area contributed by atoms with Crippen LogP contribution in [0.1, 0.15) is 18.5 Å². The van der Waals surface area contributed by atoms with Crippen molar-refractivity contribution in [2.75, 3.05) is 20.6 Å². The highest BCUT2D eigenvalue weighted by atomic mass is 35.5. The lowest BCUT2D eigenvalue weighted by Crippen LogP contribution is -2.42. The van der Waals surface area contributed by atoms with Crippen molar-refractivity contribution in [3.63, 3.8) is 0 Å². The number of nitrogens with two attached hydrogens (primary N) is 1. The van der Waals surface area contributed by atoms with Gasteiger partial charge in [-0.05, 0) is 32.6 Å². The Hall–Kier alpha value is -0.520. The van der Waals surface area contributed by atoms with E-state index in [1.54, 1.807) is 6.92 Å². The second-order valence-corrected chi connectivity index (χ2v) is 4.94. The third kappa shape index (κ3) is 6.29. The van der Waals surface area contributed by atoms with Crippen molar-refractivity contribution in [2.45, 2.75) is 19.0 Å². The van der Waals surface area contributed by atoms with E-state index in [-0.39, 0.29) is 36.8 Å². The van der Waals surface area contributed by atoms with Gasteiger partial charge < -0.3 is 16.0 Å². The van der Waals surface area contributed by atoms with Gasteiger partial charge in [-0.25, -0.2) is 0 Å². The van der Waals surface area contributed by atoms with Crippen LogP contribution in [-0.2, 0) is 4.79 Å². The van der Waals surface area contributed by atoms with Crippen molar-refractivity contribution in [3.05, 3.63) is 34.9 Å². The monoisotopic (exact) mass is 341 g/mol. The Balaban J connectivity index is 0. The number of nitrogens with zero attached hydrogens (tertiary/aromatic N) is 1. The zero-order chi connectivity index (χ0) is 13.7. The van der Waals surface area contributed by atoms with Gasteiger partial charge in [0.15, 0.2) is 0 Å². The number of amides is 1. The molecular weight excluding hydrogens is 321 g/mol. The summed E-state index contributed by atoms with van der Waals surface area (Å²) in [5.41, 5.74) is 6.51. The molecule has 0 bridgehead atoms. The number of likely N-dealkylation sites (N-methyl/N-ethyl adjacent to an activating group) is 1. The van der Waals surface area contributed by atoms with Crippen molar-refractivity contribution < 1.29 is 4.79 Å². The molecule has 0 radical (unpaired) electrons. The number of carbonyl (C=O) groups excluding carboxylic acids is 1. The van der Waals surface area contributed by atoms with E-state index in [1.807, 2.05) is 43.3 Å². The summed E-state index contributed by atoms with van der Waals surface area (Å²) in [4.78, 5) is 13.5. The first-order valence-corrected chi connectivity index (χ1v) is 6.25. The molecule has 1 aromatic carbocycles. The van der Waals surface area contributed by atoms with E-state index in [0.29, 0.717) is 11.6 Å². The second kappa shape index (κ2) is 10.2. The number of hydrogen-bond donors (Lipinski definition) is 2. The van der Waals surface area contributed by atoms with Crippen molar-refractivity contribution >= 4 is 42.3 Å². The van der Waals surface area contributed by atoms with E-state index >= 15 is 0 Å². The smallest absolute Gasteiger partial charge is 0.236 e. The highest BCUT2D eigenvalue weighted by Gasteiger charge is 2.18. The predicted molar refractivity (Wildman–Crippen MR) is 89.0 cm³/mol. The fourth-order valence-electron chi connectivity index (χ4n) is 1.67. The van der Waals surface area contributed by atoms with Gasteiger partial charge in [0.05, 0.1) is 12.1 Å². The Kier molecular flexibility index (Phi) is 11.1. The standard InChI is InChI=1S/C13H20ClN3O.2ClH/c1-9(15)13(18)16-8-12(17(2)3)10-6-4-5-7-11(10)14;;/h4-7,9,12H,8,15H2,1-3H3,(H,16,18);2*1H/t9-,12?;;/m1../s1. The lowest BCUT2D eigenvalue weighted by molar-refractivity contribution is -0.122.